The first kappa shape index (κ1) is 13.9. The van der Waals surface area contributed by atoms with E-state index in [1.807, 2.05) is 47.2 Å². The molecule has 0 fully saturated rings. The summed E-state index contributed by atoms with van der Waals surface area (Å²) in [4.78, 5) is 0. The predicted molar refractivity (Wildman–Crippen MR) is 67.1 cm³/mol. The molecule has 0 saturated heterocycles. The molecular weight excluding hydrogens is 298 g/mol. The number of pyridine rings is 1. The van der Waals surface area contributed by atoms with Crippen molar-refractivity contribution >= 4 is 17.7 Å². The van der Waals surface area contributed by atoms with E-state index in [-0.39, 0.29) is 17.0 Å². The van der Waals surface area contributed by atoms with Gasteiger partial charge in [-0.25, -0.2) is 0 Å². The number of hydrogen-bond donors (Lipinski definition) is 0. The Balaban J connectivity index is 0.00000144. The van der Waals surface area contributed by atoms with E-state index < -0.39 is 0 Å². The number of halogens is 2. The lowest BCUT2D eigenvalue weighted by atomic mass is 10.2. The number of nitrogens with zero attached hydrogens (tertiary/aromatic N) is 1. The molecule has 0 amide bonds. The zero-order valence-corrected chi connectivity index (χ0v) is 11.6. The van der Waals surface area contributed by atoms with Crippen LogP contribution in [0.4, 0.5) is 0 Å². The first-order valence-electron chi connectivity index (χ1n) is 5.22. The summed E-state index contributed by atoms with van der Waals surface area (Å²) >= 11 is 6.04. The van der Waals surface area contributed by atoms with Crippen molar-refractivity contribution in [3.8, 4) is 0 Å². The standard InChI is InChI=1S/C14H13ClN.BrH/c15-14-10-4-5-11-16(14)12-6-9-13-7-2-1-3-8-13;/h1-11H,12H2;1H/q+1;/p-1. The number of hydrogen-bond acceptors (Lipinski definition) is 0. The quantitative estimate of drug-likeness (QED) is 0.569. The summed E-state index contributed by atoms with van der Waals surface area (Å²) in [6, 6.07) is 16.0. The van der Waals surface area contributed by atoms with Crippen molar-refractivity contribution in [1.82, 2.24) is 0 Å². The van der Waals surface area contributed by atoms with Gasteiger partial charge < -0.3 is 17.0 Å². The molecule has 0 N–H and O–H groups in total. The average molecular weight is 311 g/mol. The van der Waals surface area contributed by atoms with E-state index in [4.69, 9.17) is 11.6 Å². The molecule has 88 valence electrons. The molecule has 0 atom stereocenters. The molecule has 0 bridgehead atoms. The molecule has 1 nitrogen and oxygen atoms in total. The van der Waals surface area contributed by atoms with E-state index in [1.54, 1.807) is 0 Å². The van der Waals surface area contributed by atoms with Gasteiger partial charge in [0.25, 0.3) is 5.15 Å². The Morgan fingerprint density at radius 1 is 1.00 bits per heavy atom. The third-order valence-corrected chi connectivity index (χ3v) is 2.64. The van der Waals surface area contributed by atoms with E-state index in [9.17, 15) is 0 Å². The highest BCUT2D eigenvalue weighted by Crippen LogP contribution is 2.02. The van der Waals surface area contributed by atoms with Gasteiger partial charge in [-0.15, -0.1) is 0 Å². The van der Waals surface area contributed by atoms with Crippen LogP contribution in [-0.2, 0) is 6.54 Å². The van der Waals surface area contributed by atoms with Gasteiger partial charge in [0.2, 0.25) is 0 Å². The van der Waals surface area contributed by atoms with Gasteiger partial charge in [0.15, 0.2) is 12.7 Å². The zero-order valence-electron chi connectivity index (χ0n) is 9.26. The first-order valence-corrected chi connectivity index (χ1v) is 5.59. The molecule has 0 aliphatic carbocycles. The third kappa shape index (κ3) is 4.33. The van der Waals surface area contributed by atoms with Gasteiger partial charge in [-0.2, -0.15) is 4.57 Å². The monoisotopic (exact) mass is 309 g/mol. The first-order chi connectivity index (χ1) is 7.86. The van der Waals surface area contributed by atoms with Crippen LogP contribution in [0, 0.1) is 0 Å². The Hall–Kier alpha value is -1.12. The van der Waals surface area contributed by atoms with E-state index in [2.05, 4.69) is 24.3 Å². The minimum atomic E-state index is 0. The minimum Gasteiger partial charge on any atom is -1.00 e. The van der Waals surface area contributed by atoms with Crippen LogP contribution in [0.2, 0.25) is 5.15 Å². The molecule has 2 rings (SSSR count). The van der Waals surface area contributed by atoms with Crippen LogP contribution in [0.1, 0.15) is 5.56 Å². The highest BCUT2D eigenvalue weighted by Gasteiger charge is 2.02. The summed E-state index contributed by atoms with van der Waals surface area (Å²) < 4.78 is 1.99. The Bertz CT molecular complexity index is 483. The summed E-state index contributed by atoms with van der Waals surface area (Å²) in [5, 5.41) is 0.750. The smallest absolute Gasteiger partial charge is 0.275 e. The fourth-order valence-electron chi connectivity index (χ4n) is 1.47. The summed E-state index contributed by atoms with van der Waals surface area (Å²) in [6.07, 6.45) is 6.16. The van der Waals surface area contributed by atoms with Crippen molar-refractivity contribution in [2.45, 2.75) is 6.54 Å². The van der Waals surface area contributed by atoms with Gasteiger partial charge in [0.1, 0.15) is 0 Å². The predicted octanol–water partition coefficient (Wildman–Crippen LogP) is 0.345. The van der Waals surface area contributed by atoms with Crippen LogP contribution in [0.25, 0.3) is 6.08 Å². The second-order valence-corrected chi connectivity index (χ2v) is 3.88. The van der Waals surface area contributed by atoms with Crippen molar-refractivity contribution in [3.05, 3.63) is 71.5 Å². The van der Waals surface area contributed by atoms with Crippen LogP contribution in [0.15, 0.2) is 60.8 Å². The van der Waals surface area contributed by atoms with Gasteiger partial charge in [-0.1, -0.05) is 36.4 Å². The van der Waals surface area contributed by atoms with Gasteiger partial charge in [0, 0.05) is 12.1 Å². The Morgan fingerprint density at radius 2 is 1.71 bits per heavy atom. The third-order valence-electron chi connectivity index (χ3n) is 2.30. The summed E-state index contributed by atoms with van der Waals surface area (Å²) in [7, 11) is 0. The summed E-state index contributed by atoms with van der Waals surface area (Å²) in [6.45, 7) is 0.786. The second-order valence-electron chi connectivity index (χ2n) is 3.49. The van der Waals surface area contributed by atoms with Crippen LogP contribution in [0.5, 0.6) is 0 Å². The van der Waals surface area contributed by atoms with E-state index in [1.165, 1.54) is 5.56 Å². The molecular formula is C14H13BrClN. The molecule has 0 unspecified atom stereocenters. The number of aromatic nitrogens is 1. The molecule has 0 radical (unpaired) electrons. The highest BCUT2D eigenvalue weighted by atomic mass is 79.9. The van der Waals surface area contributed by atoms with Crippen molar-refractivity contribution < 1.29 is 21.5 Å². The molecule has 0 saturated carbocycles. The molecule has 3 heteroatoms. The summed E-state index contributed by atoms with van der Waals surface area (Å²) in [5.74, 6) is 0. The summed E-state index contributed by atoms with van der Waals surface area (Å²) in [5.41, 5.74) is 1.20. The van der Waals surface area contributed by atoms with Gasteiger partial charge in [-0.3, -0.25) is 0 Å². The maximum Gasteiger partial charge on any atom is 0.275 e. The van der Waals surface area contributed by atoms with Crippen LogP contribution >= 0.6 is 11.6 Å². The fourth-order valence-corrected chi connectivity index (χ4v) is 1.67. The molecule has 0 aliphatic rings. The second kappa shape index (κ2) is 7.25. The Morgan fingerprint density at radius 3 is 2.41 bits per heavy atom. The molecule has 1 aromatic carbocycles. The SMILES string of the molecule is Clc1cccc[n+]1CC=Cc1ccccc1.[Br-]. The van der Waals surface area contributed by atoms with Crippen LogP contribution in [-0.4, -0.2) is 0 Å². The lowest BCUT2D eigenvalue weighted by molar-refractivity contribution is -0.684. The fraction of sp³-hybridized carbons (Fsp3) is 0.0714. The number of rotatable bonds is 3. The molecule has 17 heavy (non-hydrogen) atoms. The molecule has 0 spiro atoms. The lowest BCUT2D eigenvalue weighted by Gasteiger charge is -1.94. The average Bonchev–Trinajstić information content (AvgIpc) is 2.33. The van der Waals surface area contributed by atoms with E-state index in [0.29, 0.717) is 0 Å². The lowest BCUT2D eigenvalue weighted by Crippen LogP contribution is -3.00. The van der Waals surface area contributed by atoms with Crippen molar-refractivity contribution in [1.29, 1.82) is 0 Å². The molecule has 1 aromatic heterocycles. The maximum atomic E-state index is 6.04. The Kier molecular flexibility index (Phi) is 5.95. The molecule has 2 aromatic rings. The van der Waals surface area contributed by atoms with Crippen LogP contribution < -0.4 is 21.5 Å². The highest BCUT2D eigenvalue weighted by molar-refractivity contribution is 6.28. The van der Waals surface area contributed by atoms with E-state index >= 15 is 0 Å². The van der Waals surface area contributed by atoms with Crippen LogP contribution in [0.3, 0.4) is 0 Å². The molecule has 1 heterocycles. The van der Waals surface area contributed by atoms with Crippen molar-refractivity contribution in [2.75, 3.05) is 0 Å². The van der Waals surface area contributed by atoms with Gasteiger partial charge >= 0.3 is 0 Å². The van der Waals surface area contributed by atoms with Gasteiger partial charge in [-0.05, 0) is 29.3 Å². The van der Waals surface area contributed by atoms with Crippen molar-refractivity contribution in [2.24, 2.45) is 0 Å². The number of benzene rings is 1. The minimum absolute atomic E-state index is 0. The van der Waals surface area contributed by atoms with Gasteiger partial charge in [0.05, 0.1) is 0 Å². The van der Waals surface area contributed by atoms with Crippen molar-refractivity contribution in [3.63, 3.8) is 0 Å². The number of allylic oxidation sites excluding steroid dienone is 1. The largest absolute Gasteiger partial charge is 1.00 e. The maximum absolute atomic E-state index is 6.04. The Labute approximate surface area is 117 Å². The topological polar surface area (TPSA) is 3.88 Å². The zero-order chi connectivity index (χ0) is 11.2. The normalized spacial score (nSPS) is 10.2. The van der Waals surface area contributed by atoms with E-state index in [0.717, 1.165) is 11.7 Å². The molecule has 0 aliphatic heterocycles.